The number of rotatable bonds is 2. The Morgan fingerprint density at radius 1 is 1.08 bits per heavy atom. The summed E-state index contributed by atoms with van der Waals surface area (Å²) in [5.74, 6) is 0.623. The Labute approximate surface area is 152 Å². The molecule has 0 spiro atoms. The first kappa shape index (κ1) is 16.9. The second kappa shape index (κ2) is 6.34. The lowest BCUT2D eigenvalue weighted by molar-refractivity contribution is 0.268. The number of ether oxygens (including phenoxy) is 1. The number of aromatic nitrogens is 2. The molecule has 1 aliphatic heterocycles. The average Bonchev–Trinajstić information content (AvgIpc) is 2.64. The van der Waals surface area contributed by atoms with E-state index in [0.717, 1.165) is 36.8 Å². The van der Waals surface area contributed by atoms with Gasteiger partial charge in [0.25, 0.3) is 11.1 Å². The monoisotopic (exact) mass is 355 g/mol. The van der Waals surface area contributed by atoms with Crippen LogP contribution in [-0.4, -0.2) is 21.8 Å². The van der Waals surface area contributed by atoms with E-state index < -0.39 is 0 Å². The second-order valence-electron chi connectivity index (χ2n) is 7.52. The molecular weight excluding hydrogens is 330 g/mol. The number of anilines is 1. The number of hydrogen-bond acceptors (Lipinski definition) is 4. The van der Waals surface area contributed by atoms with Gasteiger partial charge in [-0.3, -0.25) is 9.59 Å². The lowest BCUT2D eigenvalue weighted by Gasteiger charge is -2.29. The van der Waals surface area contributed by atoms with Gasteiger partial charge in [-0.15, -0.1) is 0 Å². The summed E-state index contributed by atoms with van der Waals surface area (Å²) < 4.78 is 9.21. The molecule has 1 unspecified atom stereocenters. The maximum atomic E-state index is 12.9. The topological polar surface area (TPSA) is 65.3 Å². The zero-order valence-corrected chi connectivity index (χ0v) is 15.6. The number of nitrogens with zero attached hydrogens (tertiary/aromatic N) is 2. The van der Waals surface area contributed by atoms with Crippen LogP contribution in [0.2, 0.25) is 0 Å². The van der Waals surface area contributed by atoms with E-state index in [-0.39, 0.29) is 17.2 Å². The summed E-state index contributed by atoms with van der Waals surface area (Å²) in [6.07, 6.45) is 7.85. The number of pyridine rings is 2. The molecule has 2 aromatic heterocycles. The second-order valence-corrected chi connectivity index (χ2v) is 7.52. The standard InChI is InChI=1S/C20H25N3O3/c1-12-9-23(19(24)16-7-5-4-6-15(12)16)10-14-11-26-18-13(2)8-22(3)20(25)17(18)21-14/h8-9,14,21H,4-7,10-11H2,1-3H3. The van der Waals surface area contributed by atoms with Gasteiger partial charge in [-0.05, 0) is 50.7 Å². The molecule has 0 amide bonds. The maximum Gasteiger partial charge on any atom is 0.277 e. The minimum atomic E-state index is -0.115. The molecule has 1 N–H and O–H groups in total. The van der Waals surface area contributed by atoms with Crippen molar-refractivity contribution in [1.29, 1.82) is 0 Å². The van der Waals surface area contributed by atoms with E-state index in [1.54, 1.807) is 22.4 Å². The summed E-state index contributed by atoms with van der Waals surface area (Å²) in [5, 5.41) is 3.30. The molecule has 138 valence electrons. The van der Waals surface area contributed by atoms with Crippen molar-refractivity contribution in [3.8, 4) is 5.75 Å². The molecule has 0 saturated carbocycles. The smallest absolute Gasteiger partial charge is 0.277 e. The molecule has 0 fully saturated rings. The molecular formula is C20H25N3O3. The summed E-state index contributed by atoms with van der Waals surface area (Å²) in [6.45, 7) is 4.93. The van der Waals surface area contributed by atoms with Gasteiger partial charge in [0.15, 0.2) is 5.75 Å². The average molecular weight is 355 g/mol. The third kappa shape index (κ3) is 2.73. The maximum absolute atomic E-state index is 12.9. The van der Waals surface area contributed by atoms with E-state index in [2.05, 4.69) is 12.2 Å². The molecule has 1 atom stereocenters. The molecule has 3 heterocycles. The molecule has 0 saturated heterocycles. The quantitative estimate of drug-likeness (QED) is 0.894. The van der Waals surface area contributed by atoms with Crippen molar-refractivity contribution in [3.63, 3.8) is 0 Å². The minimum absolute atomic E-state index is 0.107. The van der Waals surface area contributed by atoms with Gasteiger partial charge < -0.3 is 19.2 Å². The van der Waals surface area contributed by atoms with Gasteiger partial charge in [0.1, 0.15) is 12.3 Å². The molecule has 4 rings (SSSR count). The molecule has 6 nitrogen and oxygen atoms in total. The highest BCUT2D eigenvalue weighted by atomic mass is 16.5. The van der Waals surface area contributed by atoms with E-state index in [4.69, 9.17) is 4.74 Å². The minimum Gasteiger partial charge on any atom is -0.489 e. The van der Waals surface area contributed by atoms with Gasteiger partial charge >= 0.3 is 0 Å². The lowest BCUT2D eigenvalue weighted by atomic mass is 9.90. The predicted octanol–water partition coefficient (Wildman–Crippen LogP) is 1.92. The molecule has 1 aliphatic carbocycles. The summed E-state index contributed by atoms with van der Waals surface area (Å²) in [7, 11) is 1.73. The van der Waals surface area contributed by atoms with Crippen LogP contribution < -0.4 is 21.2 Å². The van der Waals surface area contributed by atoms with Crippen molar-refractivity contribution in [1.82, 2.24) is 9.13 Å². The van der Waals surface area contributed by atoms with Crippen LogP contribution in [0.1, 0.15) is 35.1 Å². The van der Waals surface area contributed by atoms with Crippen LogP contribution in [0.3, 0.4) is 0 Å². The highest BCUT2D eigenvalue weighted by Crippen LogP contribution is 2.29. The fraction of sp³-hybridized carbons (Fsp3) is 0.500. The van der Waals surface area contributed by atoms with Crippen LogP contribution >= 0.6 is 0 Å². The summed E-state index contributed by atoms with van der Waals surface area (Å²) in [5.41, 5.74) is 4.81. The Bertz CT molecular complexity index is 987. The fourth-order valence-electron chi connectivity index (χ4n) is 4.21. The van der Waals surface area contributed by atoms with Gasteiger partial charge in [-0.25, -0.2) is 0 Å². The largest absolute Gasteiger partial charge is 0.489 e. The summed E-state index contributed by atoms with van der Waals surface area (Å²) in [6, 6.07) is -0.115. The molecule has 6 heteroatoms. The molecule has 2 aliphatic rings. The van der Waals surface area contributed by atoms with E-state index in [9.17, 15) is 9.59 Å². The molecule has 0 bridgehead atoms. The number of nitrogens with one attached hydrogen (secondary N) is 1. The Hall–Kier alpha value is -2.50. The van der Waals surface area contributed by atoms with Crippen molar-refractivity contribution < 1.29 is 4.74 Å². The summed E-state index contributed by atoms with van der Waals surface area (Å²) in [4.78, 5) is 25.3. The van der Waals surface area contributed by atoms with Crippen LogP contribution in [0, 0.1) is 13.8 Å². The zero-order chi connectivity index (χ0) is 18.4. The van der Waals surface area contributed by atoms with Gasteiger partial charge in [0, 0.05) is 37.1 Å². The molecule has 0 aromatic carbocycles. The number of aryl methyl sites for hydroxylation is 3. The normalized spacial score (nSPS) is 18.5. The molecule has 0 radical (unpaired) electrons. The Morgan fingerprint density at radius 3 is 2.58 bits per heavy atom. The van der Waals surface area contributed by atoms with Crippen molar-refractivity contribution in [3.05, 3.63) is 55.4 Å². The predicted molar refractivity (Wildman–Crippen MR) is 101 cm³/mol. The van der Waals surface area contributed by atoms with E-state index in [1.807, 2.05) is 13.1 Å². The van der Waals surface area contributed by atoms with Crippen molar-refractivity contribution in [2.75, 3.05) is 11.9 Å². The van der Waals surface area contributed by atoms with Crippen molar-refractivity contribution in [2.45, 2.75) is 52.1 Å². The van der Waals surface area contributed by atoms with Gasteiger partial charge in [0.05, 0.1) is 6.04 Å². The first-order chi connectivity index (χ1) is 12.5. The third-order valence-electron chi connectivity index (χ3n) is 5.51. The highest BCUT2D eigenvalue weighted by molar-refractivity contribution is 5.60. The van der Waals surface area contributed by atoms with Crippen LogP contribution in [0.5, 0.6) is 5.75 Å². The van der Waals surface area contributed by atoms with Crippen LogP contribution in [0.4, 0.5) is 5.69 Å². The van der Waals surface area contributed by atoms with Gasteiger partial charge in [0.2, 0.25) is 0 Å². The number of hydrogen-bond donors (Lipinski definition) is 1. The fourth-order valence-corrected chi connectivity index (χ4v) is 4.21. The van der Waals surface area contributed by atoms with Crippen molar-refractivity contribution >= 4 is 5.69 Å². The van der Waals surface area contributed by atoms with E-state index in [0.29, 0.717) is 24.6 Å². The summed E-state index contributed by atoms with van der Waals surface area (Å²) >= 11 is 0. The zero-order valence-electron chi connectivity index (χ0n) is 15.6. The Morgan fingerprint density at radius 2 is 1.81 bits per heavy atom. The molecule has 2 aromatic rings. The van der Waals surface area contributed by atoms with E-state index >= 15 is 0 Å². The SMILES string of the molecule is Cc1cn(CC2COc3c(C)cn(C)c(=O)c3N2)c(=O)c2c1CCCC2. The first-order valence-electron chi connectivity index (χ1n) is 9.27. The van der Waals surface area contributed by atoms with Crippen LogP contribution in [0.25, 0.3) is 0 Å². The molecule has 26 heavy (non-hydrogen) atoms. The Balaban J connectivity index is 1.65. The van der Waals surface area contributed by atoms with Crippen LogP contribution in [0.15, 0.2) is 22.0 Å². The number of fused-ring (bicyclic) bond motifs is 2. The van der Waals surface area contributed by atoms with Gasteiger partial charge in [-0.2, -0.15) is 0 Å². The van der Waals surface area contributed by atoms with Crippen LogP contribution in [-0.2, 0) is 26.4 Å². The first-order valence-corrected chi connectivity index (χ1v) is 9.27. The third-order valence-corrected chi connectivity index (χ3v) is 5.51. The Kier molecular flexibility index (Phi) is 4.13. The van der Waals surface area contributed by atoms with E-state index in [1.165, 1.54) is 11.1 Å². The highest BCUT2D eigenvalue weighted by Gasteiger charge is 2.25. The van der Waals surface area contributed by atoms with Gasteiger partial charge in [-0.1, -0.05) is 0 Å². The van der Waals surface area contributed by atoms with Crippen molar-refractivity contribution in [2.24, 2.45) is 7.05 Å². The lowest BCUT2D eigenvalue weighted by Crippen LogP contribution is -2.42.